The van der Waals surface area contributed by atoms with Gasteiger partial charge in [-0.15, -0.1) is 0 Å². The first-order chi connectivity index (χ1) is 9.66. The number of amides is 1. The monoisotopic (exact) mass is 288 g/mol. The molecule has 0 fully saturated rings. The first-order valence-corrected chi connectivity index (χ1v) is 6.41. The van der Waals surface area contributed by atoms with Crippen molar-refractivity contribution in [3.63, 3.8) is 0 Å². The van der Waals surface area contributed by atoms with Crippen LogP contribution in [0.4, 0.5) is 15.8 Å². The summed E-state index contributed by atoms with van der Waals surface area (Å²) in [4.78, 5) is 17.6. The zero-order valence-corrected chi connectivity index (χ0v) is 11.1. The third-order valence-electron chi connectivity index (χ3n) is 3.03. The molecule has 20 heavy (non-hydrogen) atoms. The average Bonchev–Trinajstić information content (AvgIpc) is 2.58. The van der Waals surface area contributed by atoms with E-state index in [1.165, 1.54) is 11.0 Å². The van der Waals surface area contributed by atoms with Gasteiger partial charge in [-0.2, -0.15) is 0 Å². The highest BCUT2D eigenvalue weighted by Gasteiger charge is 2.24. The molecular weight excluding hydrogens is 279 g/mol. The molecular formula is C15H10ClFN2O. The number of para-hydroxylation sites is 1. The molecule has 0 spiro atoms. The lowest BCUT2D eigenvalue weighted by molar-refractivity contribution is -0.116. The van der Waals surface area contributed by atoms with Crippen molar-refractivity contribution >= 4 is 35.1 Å². The number of halogens is 2. The summed E-state index contributed by atoms with van der Waals surface area (Å²) in [5.41, 5.74) is 1.48. The number of benzodiazepines with no additional fused rings is 1. The van der Waals surface area contributed by atoms with Crippen molar-refractivity contribution in [2.45, 2.75) is 0 Å². The molecule has 0 bridgehead atoms. The highest BCUT2D eigenvalue weighted by molar-refractivity contribution is 6.31. The number of benzene rings is 2. The van der Waals surface area contributed by atoms with Crippen molar-refractivity contribution in [1.29, 1.82) is 0 Å². The SMILES string of the molecule is O=C1CN=Cc2cc(Cl)ccc2N1c1ccccc1F. The first kappa shape index (κ1) is 12.8. The minimum Gasteiger partial charge on any atom is -0.283 e. The molecule has 3 nitrogen and oxygen atoms in total. The Morgan fingerprint density at radius 2 is 1.95 bits per heavy atom. The van der Waals surface area contributed by atoms with Crippen molar-refractivity contribution in [1.82, 2.24) is 0 Å². The number of aliphatic imine (C=N–C) groups is 1. The van der Waals surface area contributed by atoms with Crippen molar-refractivity contribution in [3.8, 4) is 0 Å². The lowest BCUT2D eigenvalue weighted by Gasteiger charge is -2.23. The second-order valence-corrected chi connectivity index (χ2v) is 4.79. The maximum Gasteiger partial charge on any atom is 0.253 e. The average molecular weight is 289 g/mol. The Balaban J connectivity index is 2.21. The fourth-order valence-corrected chi connectivity index (χ4v) is 2.34. The van der Waals surface area contributed by atoms with E-state index in [-0.39, 0.29) is 18.1 Å². The maximum absolute atomic E-state index is 14.0. The third kappa shape index (κ3) is 2.18. The summed E-state index contributed by atoms with van der Waals surface area (Å²) in [5, 5.41) is 0.540. The Kier molecular flexibility index (Phi) is 3.24. The lowest BCUT2D eigenvalue weighted by Crippen LogP contribution is -2.28. The van der Waals surface area contributed by atoms with Crippen LogP contribution in [0.15, 0.2) is 47.5 Å². The van der Waals surface area contributed by atoms with Crippen molar-refractivity contribution < 1.29 is 9.18 Å². The minimum absolute atomic E-state index is 0.0271. The summed E-state index contributed by atoms with van der Waals surface area (Å²) >= 11 is 5.95. The topological polar surface area (TPSA) is 32.7 Å². The first-order valence-electron chi connectivity index (χ1n) is 6.03. The molecule has 5 heteroatoms. The summed E-state index contributed by atoms with van der Waals surface area (Å²) in [7, 11) is 0. The van der Waals surface area contributed by atoms with Gasteiger partial charge in [0.2, 0.25) is 0 Å². The molecule has 3 rings (SSSR count). The molecule has 0 saturated carbocycles. The summed E-state index contributed by atoms with van der Waals surface area (Å²) in [6.07, 6.45) is 1.58. The molecule has 1 amide bonds. The zero-order valence-electron chi connectivity index (χ0n) is 10.4. The molecule has 0 atom stereocenters. The van der Waals surface area contributed by atoms with E-state index in [2.05, 4.69) is 4.99 Å². The van der Waals surface area contributed by atoms with Crippen LogP contribution in [0, 0.1) is 5.82 Å². The molecule has 1 aliphatic rings. The third-order valence-corrected chi connectivity index (χ3v) is 3.27. The van der Waals surface area contributed by atoms with Crippen LogP contribution in [0.5, 0.6) is 0 Å². The molecule has 0 radical (unpaired) electrons. The van der Waals surface area contributed by atoms with Gasteiger partial charge in [-0.3, -0.25) is 14.7 Å². The largest absolute Gasteiger partial charge is 0.283 e. The van der Waals surface area contributed by atoms with Crippen LogP contribution in [-0.2, 0) is 4.79 Å². The van der Waals surface area contributed by atoms with E-state index in [9.17, 15) is 9.18 Å². The molecule has 1 heterocycles. The normalized spacial score (nSPS) is 14.1. The number of anilines is 2. The fraction of sp³-hybridized carbons (Fsp3) is 0.0667. The number of hydrogen-bond acceptors (Lipinski definition) is 2. The maximum atomic E-state index is 14.0. The van der Waals surface area contributed by atoms with Crippen LogP contribution in [0.25, 0.3) is 0 Å². The molecule has 0 unspecified atom stereocenters. The van der Waals surface area contributed by atoms with Gasteiger partial charge in [0, 0.05) is 16.8 Å². The fourth-order valence-electron chi connectivity index (χ4n) is 2.16. The Bertz CT molecular complexity index is 715. The van der Waals surface area contributed by atoms with E-state index in [0.717, 1.165) is 0 Å². The van der Waals surface area contributed by atoms with Gasteiger partial charge in [0.1, 0.15) is 12.4 Å². The summed E-state index contributed by atoms with van der Waals surface area (Å²) in [6, 6.07) is 11.2. The Hall–Kier alpha value is -2.20. The number of carbonyl (C=O) groups is 1. The highest BCUT2D eigenvalue weighted by atomic mass is 35.5. The van der Waals surface area contributed by atoms with E-state index in [1.807, 2.05) is 0 Å². The van der Waals surface area contributed by atoms with Crippen molar-refractivity contribution in [3.05, 3.63) is 58.9 Å². The predicted molar refractivity (Wildman–Crippen MR) is 77.5 cm³/mol. The standard InChI is InChI=1S/C15H10ClFN2O/c16-11-5-6-13-10(7-11)8-18-9-15(20)19(13)14-4-2-1-3-12(14)17/h1-8H,9H2. The molecule has 2 aromatic rings. The summed E-state index contributed by atoms with van der Waals surface area (Å²) in [5.74, 6) is -0.740. The molecule has 100 valence electrons. The van der Waals surface area contributed by atoms with E-state index in [0.29, 0.717) is 16.3 Å². The van der Waals surface area contributed by atoms with Gasteiger partial charge in [-0.05, 0) is 30.3 Å². The number of carbonyl (C=O) groups excluding carboxylic acids is 1. The summed E-state index contributed by atoms with van der Waals surface area (Å²) in [6.45, 7) is -0.0271. The Labute approximate surface area is 120 Å². The quantitative estimate of drug-likeness (QED) is 0.789. The van der Waals surface area contributed by atoms with Crippen LogP contribution in [0.3, 0.4) is 0 Å². The predicted octanol–water partition coefficient (Wildman–Crippen LogP) is 3.58. The van der Waals surface area contributed by atoms with Gasteiger partial charge < -0.3 is 0 Å². The van der Waals surface area contributed by atoms with Gasteiger partial charge in [0.25, 0.3) is 5.91 Å². The molecule has 1 aliphatic heterocycles. The smallest absolute Gasteiger partial charge is 0.253 e. The van der Waals surface area contributed by atoms with E-state index >= 15 is 0 Å². The van der Waals surface area contributed by atoms with Crippen molar-refractivity contribution in [2.24, 2.45) is 4.99 Å². The second kappa shape index (κ2) is 5.06. The van der Waals surface area contributed by atoms with Crippen LogP contribution >= 0.6 is 11.6 Å². The highest BCUT2D eigenvalue weighted by Crippen LogP contribution is 2.32. The van der Waals surface area contributed by atoms with Gasteiger partial charge in [-0.25, -0.2) is 4.39 Å². The van der Waals surface area contributed by atoms with Crippen LogP contribution in [0.1, 0.15) is 5.56 Å². The molecule has 0 aliphatic carbocycles. The molecule has 0 N–H and O–H groups in total. The van der Waals surface area contributed by atoms with Crippen LogP contribution in [-0.4, -0.2) is 18.7 Å². The zero-order chi connectivity index (χ0) is 14.1. The lowest BCUT2D eigenvalue weighted by atomic mass is 10.1. The van der Waals surface area contributed by atoms with E-state index in [1.54, 1.807) is 42.6 Å². The van der Waals surface area contributed by atoms with E-state index < -0.39 is 5.82 Å². The summed E-state index contributed by atoms with van der Waals surface area (Å²) < 4.78 is 14.0. The van der Waals surface area contributed by atoms with Gasteiger partial charge in [0.15, 0.2) is 0 Å². The molecule has 0 aromatic heterocycles. The Morgan fingerprint density at radius 3 is 2.75 bits per heavy atom. The van der Waals surface area contributed by atoms with Gasteiger partial charge in [0.05, 0.1) is 11.4 Å². The van der Waals surface area contributed by atoms with Crippen molar-refractivity contribution in [2.75, 3.05) is 11.4 Å². The molecule has 2 aromatic carbocycles. The number of rotatable bonds is 1. The van der Waals surface area contributed by atoms with Gasteiger partial charge in [-0.1, -0.05) is 23.7 Å². The van der Waals surface area contributed by atoms with E-state index in [4.69, 9.17) is 11.6 Å². The molecule has 0 saturated heterocycles. The number of hydrogen-bond donors (Lipinski definition) is 0. The minimum atomic E-state index is -0.455. The number of nitrogens with zero attached hydrogens (tertiary/aromatic N) is 2. The second-order valence-electron chi connectivity index (χ2n) is 4.35. The Morgan fingerprint density at radius 1 is 1.15 bits per heavy atom. The van der Waals surface area contributed by atoms with Crippen LogP contribution < -0.4 is 4.90 Å². The van der Waals surface area contributed by atoms with Gasteiger partial charge >= 0.3 is 0 Å². The van der Waals surface area contributed by atoms with Crippen LogP contribution in [0.2, 0.25) is 5.02 Å². The number of fused-ring (bicyclic) bond motifs is 1.